The van der Waals surface area contributed by atoms with E-state index in [1.807, 2.05) is 13.8 Å². The molecule has 0 aromatic heterocycles. The summed E-state index contributed by atoms with van der Waals surface area (Å²) in [4.78, 5) is 11.7. The van der Waals surface area contributed by atoms with Crippen molar-refractivity contribution in [3.05, 3.63) is 34.3 Å². The Balaban J connectivity index is 0.000000686. The first-order valence-electron chi connectivity index (χ1n) is 5.65. The van der Waals surface area contributed by atoms with Crippen molar-refractivity contribution in [2.24, 2.45) is 5.92 Å². The summed E-state index contributed by atoms with van der Waals surface area (Å²) < 4.78 is 26.0. The van der Waals surface area contributed by atoms with Crippen molar-refractivity contribution in [1.29, 1.82) is 0 Å². The summed E-state index contributed by atoms with van der Waals surface area (Å²) in [6.45, 7) is 4.00. The molecule has 4 heteroatoms. The van der Waals surface area contributed by atoms with Crippen molar-refractivity contribution in [1.82, 2.24) is 0 Å². The summed E-state index contributed by atoms with van der Waals surface area (Å²) in [5.74, 6) is -3.32. The Kier molecular flexibility index (Phi) is 4.80. The van der Waals surface area contributed by atoms with E-state index in [-0.39, 0.29) is 18.6 Å². The third-order valence-electron chi connectivity index (χ3n) is 2.57. The molecule has 0 spiro atoms. The van der Waals surface area contributed by atoms with E-state index in [0.717, 1.165) is 4.47 Å². The number of hydrogen-bond donors (Lipinski definition) is 0. The molecule has 1 aromatic rings. The lowest BCUT2D eigenvalue weighted by Crippen LogP contribution is -2.39. The molecule has 0 amide bonds. The average Bonchev–Trinajstić information content (AvgIpc) is 2.27. The van der Waals surface area contributed by atoms with Crippen LogP contribution < -0.4 is 0 Å². The predicted molar refractivity (Wildman–Crippen MR) is 67.5 cm³/mol. The van der Waals surface area contributed by atoms with Gasteiger partial charge in [-0.2, -0.15) is 0 Å². The molecule has 0 bridgehead atoms. The fourth-order valence-corrected chi connectivity index (χ4v) is 2.12. The minimum absolute atomic E-state index is 0.178. The van der Waals surface area contributed by atoms with Crippen LogP contribution in [0.25, 0.3) is 0 Å². The van der Waals surface area contributed by atoms with Gasteiger partial charge in [-0.1, -0.05) is 41.9 Å². The van der Waals surface area contributed by atoms with Crippen molar-refractivity contribution in [3.63, 3.8) is 0 Å². The molecule has 0 unspecified atom stereocenters. The van der Waals surface area contributed by atoms with E-state index in [1.165, 1.54) is 0 Å². The second-order valence-corrected chi connectivity index (χ2v) is 4.75. The lowest BCUT2D eigenvalue weighted by Gasteiger charge is -2.33. The van der Waals surface area contributed by atoms with Crippen LogP contribution in [0.5, 0.6) is 0 Å². The van der Waals surface area contributed by atoms with Crippen LogP contribution in [0.3, 0.4) is 0 Å². The van der Waals surface area contributed by atoms with E-state index in [4.69, 9.17) is 0 Å². The van der Waals surface area contributed by atoms with Gasteiger partial charge in [0, 0.05) is 28.8 Å². The number of benzene rings is 1. The maximum absolute atomic E-state index is 12.6. The topological polar surface area (TPSA) is 17.1 Å². The van der Waals surface area contributed by atoms with Crippen LogP contribution in [0.1, 0.15) is 37.0 Å². The van der Waals surface area contributed by atoms with Gasteiger partial charge in [-0.25, -0.2) is 8.78 Å². The van der Waals surface area contributed by atoms with Gasteiger partial charge < -0.3 is 0 Å². The molecule has 17 heavy (non-hydrogen) atoms. The second kappa shape index (κ2) is 5.71. The number of hydrogen-bond acceptors (Lipinski definition) is 1. The van der Waals surface area contributed by atoms with E-state index >= 15 is 0 Å². The molecule has 1 aromatic carbocycles. The molecule has 1 saturated carbocycles. The zero-order chi connectivity index (χ0) is 13.1. The fourth-order valence-electron chi connectivity index (χ4n) is 1.72. The minimum atomic E-state index is -2.63. The Morgan fingerprint density at radius 3 is 2.41 bits per heavy atom. The molecule has 0 heterocycles. The van der Waals surface area contributed by atoms with Crippen molar-refractivity contribution >= 4 is 21.7 Å². The molecule has 94 valence electrons. The van der Waals surface area contributed by atoms with Gasteiger partial charge in [0.15, 0.2) is 5.78 Å². The molecule has 0 radical (unpaired) electrons. The third-order valence-corrected chi connectivity index (χ3v) is 3.06. The Hall–Kier alpha value is -0.770. The lowest BCUT2D eigenvalue weighted by molar-refractivity contribution is -0.0982. The van der Waals surface area contributed by atoms with Crippen LogP contribution in [0.15, 0.2) is 28.7 Å². The molecular formula is C13H15BrF2O. The highest BCUT2D eigenvalue weighted by atomic mass is 79.9. The van der Waals surface area contributed by atoms with E-state index in [1.54, 1.807) is 24.3 Å². The quantitative estimate of drug-likeness (QED) is 0.724. The van der Waals surface area contributed by atoms with E-state index in [9.17, 15) is 13.6 Å². The van der Waals surface area contributed by atoms with Gasteiger partial charge in [-0.05, 0) is 12.1 Å². The smallest absolute Gasteiger partial charge is 0.249 e. The molecule has 0 atom stereocenters. The number of halogens is 3. The number of rotatable bonds is 2. The lowest BCUT2D eigenvalue weighted by atomic mass is 9.77. The highest BCUT2D eigenvalue weighted by Gasteiger charge is 2.48. The van der Waals surface area contributed by atoms with Crippen LogP contribution in [0, 0.1) is 5.92 Å². The minimum Gasteiger partial charge on any atom is -0.294 e. The van der Waals surface area contributed by atoms with Crippen LogP contribution in [0.2, 0.25) is 0 Å². The fraction of sp³-hybridized carbons (Fsp3) is 0.462. The highest BCUT2D eigenvalue weighted by molar-refractivity contribution is 9.10. The van der Waals surface area contributed by atoms with Crippen LogP contribution in [-0.2, 0) is 0 Å². The summed E-state index contributed by atoms with van der Waals surface area (Å²) in [6, 6.07) is 6.85. The standard InChI is InChI=1S/C11H9BrF2O.C2H6/c12-9-3-1-2-7(4-9)10(15)8-5-11(13,14)6-8;1-2/h1-4,8H,5-6H2;1-2H3. The van der Waals surface area contributed by atoms with Crippen LogP contribution >= 0.6 is 15.9 Å². The number of ketones is 1. The first-order chi connectivity index (χ1) is 7.98. The molecule has 1 aliphatic carbocycles. The zero-order valence-electron chi connectivity index (χ0n) is 9.84. The first-order valence-corrected chi connectivity index (χ1v) is 6.45. The summed E-state index contributed by atoms with van der Waals surface area (Å²) in [7, 11) is 0. The second-order valence-electron chi connectivity index (χ2n) is 3.84. The maximum atomic E-state index is 12.6. The van der Waals surface area contributed by atoms with Crippen molar-refractivity contribution < 1.29 is 13.6 Å². The number of alkyl halides is 2. The molecule has 0 saturated heterocycles. The number of Topliss-reactive ketones (excluding diaryl/α,β-unsaturated/α-hetero) is 1. The van der Waals surface area contributed by atoms with Gasteiger partial charge in [-0.3, -0.25) is 4.79 Å². The van der Waals surface area contributed by atoms with Gasteiger partial charge in [0.05, 0.1) is 0 Å². The molecule has 1 nitrogen and oxygen atoms in total. The van der Waals surface area contributed by atoms with Crippen LogP contribution in [0.4, 0.5) is 8.78 Å². The summed E-state index contributed by atoms with van der Waals surface area (Å²) in [5.41, 5.74) is 0.505. The molecule has 2 rings (SSSR count). The highest BCUT2D eigenvalue weighted by Crippen LogP contribution is 2.43. The van der Waals surface area contributed by atoms with Gasteiger partial charge >= 0.3 is 0 Å². The summed E-state index contributed by atoms with van der Waals surface area (Å²) >= 11 is 3.24. The Morgan fingerprint density at radius 2 is 1.94 bits per heavy atom. The maximum Gasteiger partial charge on any atom is 0.249 e. The third kappa shape index (κ3) is 3.60. The van der Waals surface area contributed by atoms with Crippen molar-refractivity contribution in [2.75, 3.05) is 0 Å². The Morgan fingerprint density at radius 1 is 1.35 bits per heavy atom. The zero-order valence-corrected chi connectivity index (χ0v) is 11.4. The van der Waals surface area contributed by atoms with E-state index < -0.39 is 11.8 Å². The predicted octanol–water partition coefficient (Wildman–Crippen LogP) is 4.70. The molecule has 1 aliphatic rings. The van der Waals surface area contributed by atoms with E-state index in [2.05, 4.69) is 15.9 Å². The average molecular weight is 305 g/mol. The Labute approximate surface area is 108 Å². The molecular weight excluding hydrogens is 290 g/mol. The normalized spacial score (nSPS) is 17.7. The molecule has 1 fully saturated rings. The summed E-state index contributed by atoms with van der Waals surface area (Å²) in [6.07, 6.45) is -0.614. The Bertz CT molecular complexity index is 396. The number of carbonyl (C=O) groups is 1. The van der Waals surface area contributed by atoms with Crippen molar-refractivity contribution in [2.45, 2.75) is 32.6 Å². The van der Waals surface area contributed by atoms with E-state index in [0.29, 0.717) is 5.56 Å². The van der Waals surface area contributed by atoms with Crippen LogP contribution in [-0.4, -0.2) is 11.7 Å². The first kappa shape index (κ1) is 14.3. The largest absolute Gasteiger partial charge is 0.294 e. The van der Waals surface area contributed by atoms with Gasteiger partial charge in [-0.15, -0.1) is 0 Å². The van der Waals surface area contributed by atoms with Gasteiger partial charge in [0.25, 0.3) is 0 Å². The number of carbonyl (C=O) groups excluding carboxylic acids is 1. The van der Waals surface area contributed by atoms with Gasteiger partial charge in [0.2, 0.25) is 5.92 Å². The van der Waals surface area contributed by atoms with Gasteiger partial charge in [0.1, 0.15) is 0 Å². The molecule has 0 aliphatic heterocycles. The SMILES string of the molecule is CC.O=C(c1cccc(Br)c1)C1CC(F)(F)C1. The monoisotopic (exact) mass is 304 g/mol. The molecule has 0 N–H and O–H groups in total. The summed E-state index contributed by atoms with van der Waals surface area (Å²) in [5, 5.41) is 0. The van der Waals surface area contributed by atoms with Crippen molar-refractivity contribution in [3.8, 4) is 0 Å².